The smallest absolute Gasteiger partial charge is 0.242 e. The number of amides is 2. The number of fused-ring (bicyclic) bond motifs is 1. The first-order valence-electron chi connectivity index (χ1n) is 13.8. The van der Waals surface area contributed by atoms with E-state index in [2.05, 4.69) is 0 Å². The maximum Gasteiger partial charge on any atom is 0.242 e. The van der Waals surface area contributed by atoms with Gasteiger partial charge in [0, 0.05) is 24.2 Å². The molecule has 1 fully saturated rings. The van der Waals surface area contributed by atoms with Crippen molar-refractivity contribution in [3.05, 3.63) is 89.7 Å². The molecular weight excluding hydrogens is 555 g/mol. The Bertz CT molecular complexity index is 1600. The fourth-order valence-corrected chi connectivity index (χ4v) is 6.76. The number of halogens is 1. The molecule has 3 aromatic carbocycles. The zero-order valence-electron chi connectivity index (χ0n) is 23.5. The summed E-state index contributed by atoms with van der Waals surface area (Å²) in [6, 6.07) is 21.5. The summed E-state index contributed by atoms with van der Waals surface area (Å²) in [5.74, 6) is 1.15. The van der Waals surface area contributed by atoms with E-state index < -0.39 is 0 Å². The average Bonchev–Trinajstić information content (AvgIpc) is 3.67. The molecule has 42 heavy (non-hydrogen) atoms. The molecule has 1 aromatic heterocycles. The molecule has 6 rings (SSSR count). The number of hydrogen-bond donors (Lipinski definition) is 0. The predicted molar refractivity (Wildman–Crippen MR) is 161 cm³/mol. The molecule has 0 N–H and O–H groups in total. The molecular formula is C32H31FN4O4S. The molecule has 2 aliphatic rings. The van der Waals surface area contributed by atoms with Crippen molar-refractivity contribution in [1.82, 2.24) is 14.7 Å². The fourth-order valence-electron chi connectivity index (χ4n) is 5.57. The van der Waals surface area contributed by atoms with Gasteiger partial charge < -0.3 is 14.4 Å². The monoisotopic (exact) mass is 586 g/mol. The minimum atomic E-state index is -0.379. The molecule has 0 bridgehead atoms. The molecule has 1 unspecified atom stereocenters. The van der Waals surface area contributed by atoms with E-state index in [0.717, 1.165) is 29.5 Å². The van der Waals surface area contributed by atoms with Gasteiger partial charge in [-0.2, -0.15) is 5.10 Å². The second-order valence-electron chi connectivity index (χ2n) is 10.2. The Morgan fingerprint density at radius 2 is 1.69 bits per heavy atom. The SMILES string of the molecule is COc1ccc(C2SCC(=O)N(CC(=O)N3CCCC3)c3c2c(-c2ccccc2)nn3-c2ccc(F)cc2)cc1OC. The summed E-state index contributed by atoms with van der Waals surface area (Å²) in [5.41, 5.74) is 3.81. The number of methoxy groups -OCH3 is 2. The van der Waals surface area contributed by atoms with Crippen LogP contribution in [0, 0.1) is 5.82 Å². The number of hydrogen-bond acceptors (Lipinski definition) is 6. The molecule has 1 saturated heterocycles. The number of anilines is 1. The Morgan fingerprint density at radius 1 is 0.976 bits per heavy atom. The van der Waals surface area contributed by atoms with Crippen LogP contribution >= 0.6 is 11.8 Å². The second-order valence-corrected chi connectivity index (χ2v) is 11.3. The number of rotatable bonds is 7. The van der Waals surface area contributed by atoms with Crippen LogP contribution in [-0.2, 0) is 9.59 Å². The van der Waals surface area contributed by atoms with Crippen molar-refractivity contribution in [1.29, 1.82) is 0 Å². The Labute approximate surface area is 248 Å². The van der Waals surface area contributed by atoms with Gasteiger partial charge in [-0.3, -0.25) is 14.5 Å². The second kappa shape index (κ2) is 11.9. The summed E-state index contributed by atoms with van der Waals surface area (Å²) >= 11 is 1.48. The molecule has 216 valence electrons. The molecule has 10 heteroatoms. The highest BCUT2D eigenvalue weighted by Gasteiger charge is 2.38. The van der Waals surface area contributed by atoms with Crippen LogP contribution in [0.3, 0.4) is 0 Å². The minimum Gasteiger partial charge on any atom is -0.493 e. The van der Waals surface area contributed by atoms with Gasteiger partial charge in [0.05, 0.1) is 36.6 Å². The Morgan fingerprint density at radius 3 is 2.38 bits per heavy atom. The summed E-state index contributed by atoms with van der Waals surface area (Å²) in [5, 5.41) is 4.72. The number of ether oxygens (including phenoxy) is 2. The van der Waals surface area contributed by atoms with Gasteiger partial charge >= 0.3 is 0 Å². The van der Waals surface area contributed by atoms with Gasteiger partial charge in [-0.25, -0.2) is 9.07 Å². The predicted octanol–water partition coefficient (Wildman–Crippen LogP) is 5.49. The van der Waals surface area contributed by atoms with Crippen molar-refractivity contribution in [2.75, 3.05) is 44.5 Å². The molecule has 0 radical (unpaired) electrons. The van der Waals surface area contributed by atoms with Gasteiger partial charge in [0.1, 0.15) is 18.2 Å². The number of likely N-dealkylation sites (tertiary alicyclic amines) is 1. The van der Waals surface area contributed by atoms with E-state index in [0.29, 0.717) is 41.8 Å². The van der Waals surface area contributed by atoms with Crippen molar-refractivity contribution in [3.63, 3.8) is 0 Å². The third kappa shape index (κ3) is 5.22. The first-order chi connectivity index (χ1) is 20.5. The summed E-state index contributed by atoms with van der Waals surface area (Å²) in [6.07, 6.45) is 1.90. The number of aromatic nitrogens is 2. The van der Waals surface area contributed by atoms with Gasteiger partial charge in [0.15, 0.2) is 11.5 Å². The van der Waals surface area contributed by atoms with Crippen LogP contribution in [0.15, 0.2) is 72.8 Å². The normalized spacial score (nSPS) is 16.7. The van der Waals surface area contributed by atoms with Crippen molar-refractivity contribution in [2.24, 2.45) is 0 Å². The largest absolute Gasteiger partial charge is 0.493 e. The van der Waals surface area contributed by atoms with Crippen LogP contribution in [0.25, 0.3) is 16.9 Å². The van der Waals surface area contributed by atoms with Crippen molar-refractivity contribution in [2.45, 2.75) is 18.1 Å². The molecule has 8 nitrogen and oxygen atoms in total. The molecule has 0 saturated carbocycles. The topological polar surface area (TPSA) is 76.9 Å². The van der Waals surface area contributed by atoms with Crippen LogP contribution < -0.4 is 14.4 Å². The summed E-state index contributed by atoms with van der Waals surface area (Å²) in [4.78, 5) is 30.7. The van der Waals surface area contributed by atoms with E-state index in [1.54, 1.807) is 35.9 Å². The van der Waals surface area contributed by atoms with Crippen molar-refractivity contribution >= 4 is 29.4 Å². The molecule has 3 heterocycles. The molecule has 0 aliphatic carbocycles. The highest BCUT2D eigenvalue weighted by molar-refractivity contribution is 8.00. The number of nitrogens with zero attached hydrogens (tertiary/aromatic N) is 4. The molecule has 2 aliphatic heterocycles. The van der Waals surface area contributed by atoms with E-state index in [-0.39, 0.29) is 35.2 Å². The molecule has 4 aromatic rings. The number of thioether (sulfide) groups is 1. The Kier molecular flexibility index (Phi) is 7.88. The maximum atomic E-state index is 14.0. The van der Waals surface area contributed by atoms with Crippen molar-refractivity contribution in [3.8, 4) is 28.4 Å². The van der Waals surface area contributed by atoms with Crippen LogP contribution in [0.5, 0.6) is 11.5 Å². The average molecular weight is 587 g/mol. The van der Waals surface area contributed by atoms with Crippen LogP contribution in [0.1, 0.15) is 29.2 Å². The molecule has 0 spiro atoms. The van der Waals surface area contributed by atoms with Gasteiger partial charge in [-0.15, -0.1) is 11.8 Å². The Hall–Kier alpha value is -4.31. The highest BCUT2D eigenvalue weighted by Crippen LogP contribution is 2.49. The molecule has 1 atom stereocenters. The Balaban J connectivity index is 1.60. The van der Waals surface area contributed by atoms with Crippen LogP contribution in [-0.4, -0.2) is 66.1 Å². The van der Waals surface area contributed by atoms with Crippen LogP contribution in [0.4, 0.5) is 10.2 Å². The van der Waals surface area contributed by atoms with E-state index in [1.165, 1.54) is 23.9 Å². The van der Waals surface area contributed by atoms with Gasteiger partial charge in [-0.1, -0.05) is 36.4 Å². The number of carbonyl (C=O) groups is 2. The van der Waals surface area contributed by atoms with E-state index in [4.69, 9.17) is 14.6 Å². The van der Waals surface area contributed by atoms with Gasteiger partial charge in [0.25, 0.3) is 0 Å². The third-order valence-electron chi connectivity index (χ3n) is 7.67. The first-order valence-corrected chi connectivity index (χ1v) is 14.9. The maximum absolute atomic E-state index is 14.0. The van der Waals surface area contributed by atoms with E-state index in [1.807, 2.05) is 53.4 Å². The van der Waals surface area contributed by atoms with Crippen molar-refractivity contribution < 1.29 is 23.5 Å². The fraction of sp³-hybridized carbons (Fsp3) is 0.281. The lowest BCUT2D eigenvalue weighted by atomic mass is 9.99. The third-order valence-corrected chi connectivity index (χ3v) is 8.92. The van der Waals surface area contributed by atoms with Gasteiger partial charge in [-0.05, 0) is 54.8 Å². The zero-order valence-corrected chi connectivity index (χ0v) is 24.3. The van der Waals surface area contributed by atoms with E-state index >= 15 is 0 Å². The standard InChI is InChI=1S/C32H31FN4O4S/c1-40-25-15-10-22(18-26(25)41-2)31-29-30(21-8-4-3-5-9-21)34-37(24-13-11-23(33)12-14-24)32(29)36(28(39)20-42-31)19-27(38)35-16-6-7-17-35/h3-5,8-15,18,31H,6-7,16-17,19-20H2,1-2H3. The quantitative estimate of drug-likeness (QED) is 0.285. The highest BCUT2D eigenvalue weighted by atomic mass is 32.2. The summed E-state index contributed by atoms with van der Waals surface area (Å²) < 4.78 is 26.8. The summed E-state index contributed by atoms with van der Waals surface area (Å²) in [7, 11) is 3.18. The van der Waals surface area contributed by atoms with E-state index in [9.17, 15) is 14.0 Å². The zero-order chi connectivity index (χ0) is 29.2. The van der Waals surface area contributed by atoms with Gasteiger partial charge in [0.2, 0.25) is 11.8 Å². The van der Waals surface area contributed by atoms with Crippen LogP contribution in [0.2, 0.25) is 0 Å². The minimum absolute atomic E-state index is 0.102. The lowest BCUT2D eigenvalue weighted by molar-refractivity contribution is -0.130. The first kappa shape index (κ1) is 27.8. The molecule has 2 amide bonds. The number of carbonyl (C=O) groups excluding carboxylic acids is 2. The lowest BCUT2D eigenvalue weighted by Crippen LogP contribution is -2.43. The lowest BCUT2D eigenvalue weighted by Gasteiger charge is -2.25. The number of benzene rings is 3. The summed E-state index contributed by atoms with van der Waals surface area (Å²) in [6.45, 7) is 1.26.